The maximum atomic E-state index is 11.3. The number of amides is 2. The number of carbonyl (C=O) groups is 4. The predicted octanol–water partition coefficient (Wildman–Crippen LogP) is -1.99. The van der Waals surface area contributed by atoms with Gasteiger partial charge in [-0.05, 0) is 0 Å². The molecule has 0 spiro atoms. The van der Waals surface area contributed by atoms with Crippen molar-refractivity contribution in [2.45, 2.75) is 26.3 Å². The number of nitrogens with one attached hydrogen (secondary N) is 2. The van der Waals surface area contributed by atoms with E-state index in [1.165, 1.54) is 0 Å². The van der Waals surface area contributed by atoms with E-state index in [1.54, 1.807) is 0 Å². The summed E-state index contributed by atoms with van der Waals surface area (Å²) in [6, 6.07) is 0. The zero-order valence-corrected chi connectivity index (χ0v) is 8.60. The van der Waals surface area contributed by atoms with Crippen LogP contribution in [0.25, 0.3) is 0 Å². The Hall–Kier alpha value is -2.12. The van der Waals surface area contributed by atoms with Gasteiger partial charge in [-0.2, -0.15) is 0 Å². The Balaban J connectivity index is 2.63. The summed E-state index contributed by atoms with van der Waals surface area (Å²) in [5.74, 6) is -2.96. The molecule has 0 saturated carbocycles. The fourth-order valence-corrected chi connectivity index (χ4v) is 1.04. The Bertz CT molecular complexity index is 318. The number of carbonyl (C=O) groups excluding carboxylic acids is 4. The van der Waals surface area contributed by atoms with E-state index >= 15 is 0 Å². The van der Waals surface area contributed by atoms with Gasteiger partial charge in [-0.25, -0.2) is 0 Å². The summed E-state index contributed by atoms with van der Waals surface area (Å²) in [6.07, 6.45) is -2.78. The van der Waals surface area contributed by atoms with Gasteiger partial charge in [0.25, 0.3) is 24.3 Å². The minimum atomic E-state index is -1.39. The molecule has 0 aromatic carbocycles. The Morgan fingerprint density at radius 2 is 1.25 bits per heavy atom. The second kappa shape index (κ2) is 4.60. The van der Waals surface area contributed by atoms with E-state index in [0.29, 0.717) is 0 Å². The average Bonchev–Trinajstić information content (AvgIpc) is 2.11. The van der Waals surface area contributed by atoms with Crippen LogP contribution in [-0.4, -0.2) is 36.2 Å². The fraction of sp³-hybridized carbons (Fsp3) is 0.500. The van der Waals surface area contributed by atoms with Crippen LogP contribution >= 0.6 is 0 Å². The number of rotatable bonds is 2. The second-order valence-electron chi connectivity index (χ2n) is 3.00. The van der Waals surface area contributed by atoms with Gasteiger partial charge >= 0.3 is 11.9 Å². The van der Waals surface area contributed by atoms with Crippen LogP contribution in [0.2, 0.25) is 0 Å². The van der Waals surface area contributed by atoms with Crippen LogP contribution in [0, 0.1) is 0 Å². The summed E-state index contributed by atoms with van der Waals surface area (Å²) in [7, 11) is 0. The highest BCUT2D eigenvalue weighted by molar-refractivity contribution is 5.96. The molecular weight excluding hydrogens is 220 g/mol. The quantitative estimate of drug-likeness (QED) is 0.531. The van der Waals surface area contributed by atoms with E-state index in [9.17, 15) is 19.2 Å². The van der Waals surface area contributed by atoms with E-state index in [4.69, 9.17) is 0 Å². The van der Waals surface area contributed by atoms with Crippen LogP contribution in [0.3, 0.4) is 0 Å². The van der Waals surface area contributed by atoms with Crippen molar-refractivity contribution in [3.63, 3.8) is 0 Å². The van der Waals surface area contributed by atoms with Crippen LogP contribution in [0.4, 0.5) is 0 Å². The molecule has 1 heterocycles. The van der Waals surface area contributed by atoms with Crippen molar-refractivity contribution in [1.82, 2.24) is 10.6 Å². The van der Waals surface area contributed by atoms with E-state index < -0.39 is 36.2 Å². The van der Waals surface area contributed by atoms with Crippen molar-refractivity contribution < 1.29 is 28.7 Å². The van der Waals surface area contributed by atoms with Gasteiger partial charge in [-0.3, -0.25) is 19.2 Å². The van der Waals surface area contributed by atoms with Gasteiger partial charge in [0.15, 0.2) is 0 Å². The summed E-state index contributed by atoms with van der Waals surface area (Å²) in [5, 5.41) is 4.16. The first-order chi connectivity index (χ1) is 7.40. The third-order valence-electron chi connectivity index (χ3n) is 1.59. The molecule has 1 aliphatic heterocycles. The molecule has 0 aromatic rings. The number of piperazine rings is 1. The van der Waals surface area contributed by atoms with Crippen LogP contribution < -0.4 is 10.6 Å². The molecule has 2 atom stereocenters. The van der Waals surface area contributed by atoms with Crippen LogP contribution in [0.15, 0.2) is 0 Å². The molecule has 2 amide bonds. The van der Waals surface area contributed by atoms with Gasteiger partial charge < -0.3 is 20.1 Å². The summed E-state index contributed by atoms with van der Waals surface area (Å²) in [5.41, 5.74) is 0. The molecule has 8 heteroatoms. The van der Waals surface area contributed by atoms with E-state index in [1.807, 2.05) is 0 Å². The molecule has 0 radical (unpaired) electrons. The van der Waals surface area contributed by atoms with E-state index in [2.05, 4.69) is 20.1 Å². The van der Waals surface area contributed by atoms with Gasteiger partial charge in [0.2, 0.25) is 0 Å². The lowest BCUT2D eigenvalue weighted by Gasteiger charge is -2.27. The topological polar surface area (TPSA) is 111 Å². The third kappa shape index (κ3) is 2.94. The van der Waals surface area contributed by atoms with E-state index in [-0.39, 0.29) is 0 Å². The lowest BCUT2D eigenvalue weighted by molar-refractivity contribution is -0.172. The lowest BCUT2D eigenvalue weighted by atomic mass is 10.3. The summed E-state index contributed by atoms with van der Waals surface area (Å²) in [6.45, 7) is 2.19. The lowest BCUT2D eigenvalue weighted by Crippen LogP contribution is -2.63. The maximum Gasteiger partial charge on any atom is 0.304 e. The summed E-state index contributed by atoms with van der Waals surface area (Å²) < 4.78 is 9.01. The van der Waals surface area contributed by atoms with Gasteiger partial charge in [-0.15, -0.1) is 0 Å². The first-order valence-electron chi connectivity index (χ1n) is 4.35. The van der Waals surface area contributed by atoms with Gasteiger partial charge in [-0.1, -0.05) is 0 Å². The number of esters is 2. The van der Waals surface area contributed by atoms with Crippen molar-refractivity contribution in [2.24, 2.45) is 0 Å². The molecule has 1 aliphatic rings. The SMILES string of the molecule is CC(=O)O[C@H]1NC(=O)[C@@H](OC(C)=O)NC1=O. The average molecular weight is 230 g/mol. The highest BCUT2D eigenvalue weighted by Gasteiger charge is 2.37. The molecule has 0 aliphatic carbocycles. The highest BCUT2D eigenvalue weighted by atomic mass is 16.6. The number of hydrogen-bond donors (Lipinski definition) is 2. The van der Waals surface area contributed by atoms with E-state index in [0.717, 1.165) is 13.8 Å². The molecule has 2 N–H and O–H groups in total. The van der Waals surface area contributed by atoms with Crippen molar-refractivity contribution in [3.8, 4) is 0 Å². The largest absolute Gasteiger partial charge is 0.432 e. The van der Waals surface area contributed by atoms with Crippen molar-refractivity contribution in [1.29, 1.82) is 0 Å². The summed E-state index contributed by atoms with van der Waals surface area (Å²) >= 11 is 0. The fourth-order valence-electron chi connectivity index (χ4n) is 1.04. The zero-order valence-electron chi connectivity index (χ0n) is 8.60. The van der Waals surface area contributed by atoms with Crippen molar-refractivity contribution in [3.05, 3.63) is 0 Å². The molecule has 0 unspecified atom stereocenters. The molecule has 1 rings (SSSR count). The second-order valence-corrected chi connectivity index (χ2v) is 3.00. The van der Waals surface area contributed by atoms with Gasteiger partial charge in [0, 0.05) is 13.8 Å². The first-order valence-corrected chi connectivity index (χ1v) is 4.35. The molecule has 88 valence electrons. The molecule has 0 bridgehead atoms. The van der Waals surface area contributed by atoms with Gasteiger partial charge in [0.05, 0.1) is 0 Å². The zero-order chi connectivity index (χ0) is 12.3. The minimum Gasteiger partial charge on any atom is -0.432 e. The molecule has 0 aromatic heterocycles. The smallest absolute Gasteiger partial charge is 0.304 e. The standard InChI is InChI=1S/C8H10N2O6/c1-3(11)15-7-5(13)10-8(6(14)9-7)16-4(2)12/h7-8H,1-2H3,(H,9,14)(H,10,13)/t7-,8-/m1/s1. The molecule has 1 fully saturated rings. The van der Waals surface area contributed by atoms with Gasteiger partial charge in [0.1, 0.15) is 0 Å². The Kier molecular flexibility index (Phi) is 3.44. The molecule has 1 saturated heterocycles. The predicted molar refractivity (Wildman–Crippen MR) is 47.4 cm³/mol. The van der Waals surface area contributed by atoms with Crippen LogP contribution in [0.1, 0.15) is 13.8 Å². The minimum absolute atomic E-state index is 0.716. The first kappa shape index (κ1) is 12.0. The third-order valence-corrected chi connectivity index (χ3v) is 1.59. The van der Waals surface area contributed by atoms with Crippen molar-refractivity contribution >= 4 is 23.8 Å². The number of ether oxygens (including phenoxy) is 2. The Morgan fingerprint density at radius 1 is 0.938 bits per heavy atom. The van der Waals surface area contributed by atoms with Crippen molar-refractivity contribution in [2.75, 3.05) is 0 Å². The molecule has 16 heavy (non-hydrogen) atoms. The Morgan fingerprint density at radius 3 is 1.50 bits per heavy atom. The van der Waals surface area contributed by atoms with Crippen LogP contribution in [0.5, 0.6) is 0 Å². The highest BCUT2D eigenvalue weighted by Crippen LogP contribution is 2.01. The van der Waals surface area contributed by atoms with Crippen LogP contribution in [-0.2, 0) is 28.7 Å². The summed E-state index contributed by atoms with van der Waals surface area (Å²) in [4.78, 5) is 43.7. The molecular formula is C8H10N2O6. The monoisotopic (exact) mass is 230 g/mol. The number of hydrogen-bond acceptors (Lipinski definition) is 6. The maximum absolute atomic E-state index is 11.3. The molecule has 8 nitrogen and oxygen atoms in total. The Labute approximate surface area is 90.3 Å². The normalized spacial score (nSPS) is 24.1.